The van der Waals surface area contributed by atoms with Crippen molar-refractivity contribution in [3.63, 3.8) is 0 Å². The third-order valence-electron chi connectivity index (χ3n) is 5.41. The number of benzene rings is 1. The van der Waals surface area contributed by atoms with E-state index in [1.54, 1.807) is 12.4 Å². The summed E-state index contributed by atoms with van der Waals surface area (Å²) in [5, 5.41) is 0. The first-order chi connectivity index (χ1) is 14.7. The molecule has 0 fully saturated rings. The van der Waals surface area contributed by atoms with Gasteiger partial charge in [0.05, 0.1) is 11.3 Å². The van der Waals surface area contributed by atoms with Gasteiger partial charge in [0.2, 0.25) is 0 Å². The molecule has 0 spiro atoms. The number of aromatic nitrogens is 5. The van der Waals surface area contributed by atoms with Crippen LogP contribution in [-0.2, 0) is 26.1 Å². The van der Waals surface area contributed by atoms with Crippen LogP contribution in [0.25, 0.3) is 11.4 Å². The maximum Gasteiger partial charge on any atom is 0.162 e. The van der Waals surface area contributed by atoms with Gasteiger partial charge < -0.3 is 4.57 Å². The van der Waals surface area contributed by atoms with Crippen molar-refractivity contribution in [1.82, 2.24) is 29.4 Å². The molecule has 0 unspecified atom stereocenters. The molecule has 0 amide bonds. The summed E-state index contributed by atoms with van der Waals surface area (Å²) in [4.78, 5) is 19.8. The largest absolute Gasteiger partial charge is 0.346 e. The Morgan fingerprint density at radius 1 is 0.967 bits per heavy atom. The average molecular weight is 400 g/mol. The lowest BCUT2D eigenvalue weighted by molar-refractivity contribution is 0.237. The van der Waals surface area contributed by atoms with Crippen molar-refractivity contribution in [2.45, 2.75) is 26.1 Å². The van der Waals surface area contributed by atoms with Crippen LogP contribution in [-0.4, -0.2) is 35.9 Å². The quantitative estimate of drug-likeness (QED) is 0.513. The van der Waals surface area contributed by atoms with Crippen molar-refractivity contribution in [3.05, 3.63) is 95.8 Å². The first kappa shape index (κ1) is 18.6. The van der Waals surface area contributed by atoms with Gasteiger partial charge in [0, 0.05) is 68.6 Å². The Morgan fingerprint density at radius 3 is 2.63 bits per heavy atom. The molecular weight excluding hydrogens is 379 g/mol. The molecule has 0 atom stereocenters. The van der Waals surface area contributed by atoms with Crippen molar-refractivity contribution in [1.29, 1.82) is 0 Å². The summed E-state index contributed by atoms with van der Waals surface area (Å²) >= 11 is 0. The van der Waals surface area contributed by atoms with Crippen LogP contribution in [0.15, 0.2) is 67.5 Å². The Hall–Kier alpha value is -3.45. The van der Waals surface area contributed by atoms with Crippen LogP contribution in [0.4, 0.5) is 4.39 Å². The van der Waals surface area contributed by atoms with Crippen LogP contribution in [0, 0.1) is 5.82 Å². The van der Waals surface area contributed by atoms with Crippen LogP contribution in [0.5, 0.6) is 0 Å². The predicted octanol–water partition coefficient (Wildman–Crippen LogP) is 3.48. The number of nitrogens with zero attached hydrogens (tertiary/aromatic N) is 6. The molecule has 1 aromatic carbocycles. The SMILES string of the molecule is Fc1ccc(Cn2cccc2CN2CCc3nc(-c4cncnc4)ncc3C2)cc1. The van der Waals surface area contributed by atoms with Gasteiger partial charge in [0.1, 0.15) is 12.1 Å². The van der Waals surface area contributed by atoms with Gasteiger partial charge in [0.15, 0.2) is 5.82 Å². The van der Waals surface area contributed by atoms with Crippen molar-refractivity contribution in [2.24, 2.45) is 0 Å². The van der Waals surface area contributed by atoms with Crippen molar-refractivity contribution in [3.8, 4) is 11.4 Å². The lowest BCUT2D eigenvalue weighted by Crippen LogP contribution is -2.31. The van der Waals surface area contributed by atoms with E-state index in [4.69, 9.17) is 4.98 Å². The smallest absolute Gasteiger partial charge is 0.162 e. The molecule has 1 aliphatic rings. The number of fused-ring (bicyclic) bond motifs is 1. The first-order valence-corrected chi connectivity index (χ1v) is 9.95. The van der Waals surface area contributed by atoms with Gasteiger partial charge >= 0.3 is 0 Å². The monoisotopic (exact) mass is 400 g/mol. The minimum absolute atomic E-state index is 0.205. The molecule has 3 aromatic heterocycles. The van der Waals surface area contributed by atoms with E-state index >= 15 is 0 Å². The molecular formula is C23H21FN6. The Morgan fingerprint density at radius 2 is 1.80 bits per heavy atom. The summed E-state index contributed by atoms with van der Waals surface area (Å²) < 4.78 is 15.4. The predicted molar refractivity (Wildman–Crippen MR) is 111 cm³/mol. The van der Waals surface area contributed by atoms with Crippen LogP contribution < -0.4 is 0 Å². The molecule has 5 rings (SSSR count). The fourth-order valence-corrected chi connectivity index (χ4v) is 3.83. The van der Waals surface area contributed by atoms with Crippen molar-refractivity contribution >= 4 is 0 Å². The molecule has 0 saturated carbocycles. The highest BCUT2D eigenvalue weighted by molar-refractivity contribution is 5.52. The second-order valence-electron chi connectivity index (χ2n) is 7.51. The van der Waals surface area contributed by atoms with E-state index < -0.39 is 0 Å². The third kappa shape index (κ3) is 3.97. The summed E-state index contributed by atoms with van der Waals surface area (Å²) in [6.45, 7) is 3.35. The van der Waals surface area contributed by atoms with Crippen molar-refractivity contribution < 1.29 is 4.39 Å². The molecule has 4 aromatic rings. The minimum atomic E-state index is -0.205. The van der Waals surface area contributed by atoms with Crippen LogP contribution in [0.1, 0.15) is 22.5 Å². The van der Waals surface area contributed by atoms with Crippen LogP contribution in [0.2, 0.25) is 0 Å². The fraction of sp³-hybridized carbons (Fsp3) is 0.217. The highest BCUT2D eigenvalue weighted by Crippen LogP contribution is 2.22. The van der Waals surface area contributed by atoms with Crippen LogP contribution >= 0.6 is 0 Å². The van der Waals surface area contributed by atoms with Crippen LogP contribution in [0.3, 0.4) is 0 Å². The van der Waals surface area contributed by atoms with E-state index in [2.05, 4.69) is 42.7 Å². The van der Waals surface area contributed by atoms with Gasteiger partial charge in [-0.25, -0.2) is 24.3 Å². The molecule has 6 nitrogen and oxygen atoms in total. The number of rotatable bonds is 5. The summed E-state index contributed by atoms with van der Waals surface area (Å²) in [6.07, 6.45) is 9.86. The molecule has 7 heteroatoms. The molecule has 30 heavy (non-hydrogen) atoms. The Kier molecular flexibility index (Phi) is 5.03. The molecule has 0 N–H and O–H groups in total. The first-order valence-electron chi connectivity index (χ1n) is 9.95. The maximum atomic E-state index is 13.2. The summed E-state index contributed by atoms with van der Waals surface area (Å²) in [5.74, 6) is 0.472. The topological polar surface area (TPSA) is 59.7 Å². The van der Waals surface area contributed by atoms with Gasteiger partial charge in [-0.05, 0) is 29.8 Å². The number of halogens is 1. The molecule has 0 aliphatic carbocycles. The van der Waals surface area contributed by atoms with E-state index in [0.717, 1.165) is 49.4 Å². The van der Waals surface area contributed by atoms with Gasteiger partial charge in [-0.15, -0.1) is 0 Å². The summed E-state index contributed by atoms with van der Waals surface area (Å²) in [6, 6.07) is 10.9. The van der Waals surface area contributed by atoms with E-state index in [1.807, 2.05) is 18.3 Å². The van der Waals surface area contributed by atoms with E-state index in [0.29, 0.717) is 5.82 Å². The molecule has 0 saturated heterocycles. The Bertz CT molecular complexity index is 1140. The summed E-state index contributed by atoms with van der Waals surface area (Å²) in [5.41, 5.74) is 5.42. The molecule has 1 aliphatic heterocycles. The second kappa shape index (κ2) is 8.12. The maximum absolute atomic E-state index is 13.2. The number of hydrogen-bond acceptors (Lipinski definition) is 5. The van der Waals surface area contributed by atoms with Gasteiger partial charge in [-0.2, -0.15) is 0 Å². The standard InChI is InChI=1S/C23H21FN6/c24-20-5-3-17(4-6-20)13-30-8-1-2-21(30)15-29-9-7-22-19(14-29)12-27-23(28-22)18-10-25-16-26-11-18/h1-6,8,10-12,16H,7,9,13-15H2. The zero-order chi connectivity index (χ0) is 20.3. The Balaban J connectivity index is 1.28. The van der Waals surface area contributed by atoms with E-state index in [1.165, 1.54) is 29.7 Å². The van der Waals surface area contributed by atoms with E-state index in [9.17, 15) is 4.39 Å². The normalized spacial score (nSPS) is 13.9. The van der Waals surface area contributed by atoms with Gasteiger partial charge in [-0.1, -0.05) is 12.1 Å². The third-order valence-corrected chi connectivity index (χ3v) is 5.41. The zero-order valence-electron chi connectivity index (χ0n) is 16.4. The average Bonchev–Trinajstić information content (AvgIpc) is 3.22. The Labute approximate surface area is 174 Å². The molecule has 0 bridgehead atoms. The fourth-order valence-electron chi connectivity index (χ4n) is 3.83. The second-order valence-corrected chi connectivity index (χ2v) is 7.51. The molecule has 150 valence electrons. The highest BCUT2D eigenvalue weighted by atomic mass is 19.1. The lowest BCUT2D eigenvalue weighted by atomic mass is 10.1. The minimum Gasteiger partial charge on any atom is -0.346 e. The van der Waals surface area contributed by atoms with Crippen molar-refractivity contribution in [2.75, 3.05) is 6.54 Å². The van der Waals surface area contributed by atoms with Gasteiger partial charge in [-0.3, -0.25) is 4.90 Å². The van der Waals surface area contributed by atoms with E-state index in [-0.39, 0.29) is 5.82 Å². The number of hydrogen-bond donors (Lipinski definition) is 0. The zero-order valence-corrected chi connectivity index (χ0v) is 16.4. The summed E-state index contributed by atoms with van der Waals surface area (Å²) in [7, 11) is 0. The molecule has 4 heterocycles. The van der Waals surface area contributed by atoms with Gasteiger partial charge in [0.25, 0.3) is 0 Å². The lowest BCUT2D eigenvalue weighted by Gasteiger charge is -2.28. The highest BCUT2D eigenvalue weighted by Gasteiger charge is 2.20. The molecule has 0 radical (unpaired) electrons.